The topological polar surface area (TPSA) is 51.2 Å². The summed E-state index contributed by atoms with van der Waals surface area (Å²) in [5, 5.41) is 6.05. The zero-order valence-electron chi connectivity index (χ0n) is 12.1. The van der Waals surface area contributed by atoms with Gasteiger partial charge in [0.2, 0.25) is 0 Å². The van der Waals surface area contributed by atoms with Crippen LogP contribution in [0.4, 0.5) is 10.8 Å². The van der Waals surface area contributed by atoms with Gasteiger partial charge < -0.3 is 10.1 Å². The number of nitrogens with zero attached hydrogens (tertiary/aromatic N) is 1. The number of hydrogen-bond donors (Lipinski definition) is 1. The van der Waals surface area contributed by atoms with Crippen LogP contribution >= 0.6 is 11.3 Å². The molecule has 1 aromatic heterocycles. The second-order valence-electron chi connectivity index (χ2n) is 5.49. The monoisotopic (exact) mass is 302 g/mol. The Hall–Kier alpha value is -1.88. The summed E-state index contributed by atoms with van der Waals surface area (Å²) >= 11 is 1.53. The zero-order chi connectivity index (χ0) is 14.9. The van der Waals surface area contributed by atoms with E-state index < -0.39 is 5.60 Å². The molecule has 0 radical (unpaired) electrons. The average Bonchev–Trinajstić information content (AvgIpc) is 3.05. The third-order valence-electron chi connectivity index (χ3n) is 3.86. The number of carbonyl (C=O) groups is 1. The number of rotatable bonds is 4. The van der Waals surface area contributed by atoms with Gasteiger partial charge in [-0.05, 0) is 25.5 Å². The molecule has 0 saturated carbocycles. The van der Waals surface area contributed by atoms with E-state index in [0.29, 0.717) is 6.42 Å². The van der Waals surface area contributed by atoms with Crippen LogP contribution in [0, 0.1) is 5.92 Å². The molecule has 0 amide bonds. The van der Waals surface area contributed by atoms with Gasteiger partial charge in [-0.1, -0.05) is 25.1 Å². The van der Waals surface area contributed by atoms with Crippen LogP contribution in [-0.4, -0.2) is 11.0 Å². The van der Waals surface area contributed by atoms with E-state index in [0.717, 1.165) is 22.9 Å². The lowest BCUT2D eigenvalue weighted by Crippen LogP contribution is -2.21. The lowest BCUT2D eigenvalue weighted by atomic mass is 9.92. The normalized spacial score (nSPS) is 24.9. The van der Waals surface area contributed by atoms with Gasteiger partial charge in [0, 0.05) is 17.5 Å². The first-order chi connectivity index (χ1) is 10.1. The molecule has 21 heavy (non-hydrogen) atoms. The standard InChI is InChI=1S/C16H18N2O2S/c1-3-11-9-16(2,20-14(11)19)13-10-21-15(18-13)17-12-7-5-4-6-8-12/h4-8,10-11H,3,9H2,1-2H3,(H,17,18)/t11-,16+/m0/s1. The van der Waals surface area contributed by atoms with Crippen molar-refractivity contribution in [3.63, 3.8) is 0 Å². The van der Waals surface area contributed by atoms with Gasteiger partial charge in [0.05, 0.1) is 11.6 Å². The molecule has 1 saturated heterocycles. The van der Waals surface area contributed by atoms with E-state index in [1.165, 1.54) is 11.3 Å². The van der Waals surface area contributed by atoms with Crippen LogP contribution < -0.4 is 5.32 Å². The first kappa shape index (κ1) is 14.1. The number of esters is 1. The molecule has 2 aromatic rings. The molecule has 3 rings (SSSR count). The van der Waals surface area contributed by atoms with E-state index in [9.17, 15) is 4.79 Å². The Morgan fingerprint density at radius 2 is 2.19 bits per heavy atom. The van der Waals surface area contributed by atoms with Gasteiger partial charge in [0.1, 0.15) is 0 Å². The number of benzene rings is 1. The van der Waals surface area contributed by atoms with E-state index in [2.05, 4.69) is 10.3 Å². The Bertz CT molecular complexity index is 641. The molecule has 0 bridgehead atoms. The first-order valence-electron chi connectivity index (χ1n) is 7.11. The van der Waals surface area contributed by atoms with E-state index in [4.69, 9.17) is 4.74 Å². The molecule has 1 aliphatic heterocycles. The summed E-state index contributed by atoms with van der Waals surface area (Å²) in [5.41, 5.74) is 1.24. The van der Waals surface area contributed by atoms with E-state index in [1.807, 2.05) is 49.6 Å². The highest BCUT2D eigenvalue weighted by Crippen LogP contribution is 2.41. The third kappa shape index (κ3) is 2.78. The summed E-state index contributed by atoms with van der Waals surface area (Å²) in [7, 11) is 0. The predicted molar refractivity (Wildman–Crippen MR) is 83.7 cm³/mol. The van der Waals surface area contributed by atoms with Gasteiger partial charge >= 0.3 is 5.97 Å². The maximum Gasteiger partial charge on any atom is 0.310 e. The number of aromatic nitrogens is 1. The molecule has 1 N–H and O–H groups in total. The molecule has 0 spiro atoms. The Morgan fingerprint density at radius 1 is 1.43 bits per heavy atom. The predicted octanol–water partition coefficient (Wildman–Crippen LogP) is 4.08. The number of thiazole rings is 1. The second kappa shape index (κ2) is 5.48. The van der Waals surface area contributed by atoms with E-state index in [-0.39, 0.29) is 11.9 Å². The van der Waals surface area contributed by atoms with Gasteiger partial charge in [-0.3, -0.25) is 4.79 Å². The molecule has 5 heteroatoms. The fourth-order valence-electron chi connectivity index (χ4n) is 2.59. The Balaban J connectivity index is 1.78. The van der Waals surface area contributed by atoms with Crippen molar-refractivity contribution in [2.45, 2.75) is 32.3 Å². The molecule has 1 aromatic carbocycles. The molecule has 2 heterocycles. The molecule has 1 aliphatic rings. The van der Waals surface area contributed by atoms with Crippen LogP contribution in [0.3, 0.4) is 0 Å². The van der Waals surface area contributed by atoms with Crippen molar-refractivity contribution in [1.29, 1.82) is 0 Å². The van der Waals surface area contributed by atoms with Crippen LogP contribution in [0.15, 0.2) is 35.7 Å². The molecule has 4 nitrogen and oxygen atoms in total. The highest BCUT2D eigenvalue weighted by Gasteiger charge is 2.45. The maximum absolute atomic E-state index is 11.8. The minimum Gasteiger partial charge on any atom is -0.453 e. The Kier molecular flexibility index (Phi) is 3.68. The largest absolute Gasteiger partial charge is 0.453 e. The molecule has 110 valence electrons. The summed E-state index contributed by atoms with van der Waals surface area (Å²) in [5.74, 6) is -0.118. The number of para-hydroxylation sites is 1. The molecular formula is C16H18N2O2S. The number of nitrogens with one attached hydrogen (secondary N) is 1. The van der Waals surface area contributed by atoms with Crippen molar-refractivity contribution in [2.24, 2.45) is 5.92 Å². The van der Waals surface area contributed by atoms with Crippen LogP contribution in [0.2, 0.25) is 0 Å². The number of anilines is 2. The first-order valence-corrected chi connectivity index (χ1v) is 7.99. The fraction of sp³-hybridized carbons (Fsp3) is 0.375. The van der Waals surface area contributed by atoms with Crippen LogP contribution in [0.25, 0.3) is 0 Å². The maximum atomic E-state index is 11.8. The summed E-state index contributed by atoms with van der Waals surface area (Å²) in [6, 6.07) is 9.91. The lowest BCUT2D eigenvalue weighted by molar-refractivity contribution is -0.150. The summed E-state index contributed by atoms with van der Waals surface area (Å²) < 4.78 is 5.58. The molecule has 1 fully saturated rings. The summed E-state index contributed by atoms with van der Waals surface area (Å²) in [4.78, 5) is 16.4. The quantitative estimate of drug-likeness (QED) is 0.865. The minimum atomic E-state index is -0.592. The van der Waals surface area contributed by atoms with Gasteiger partial charge in [0.15, 0.2) is 10.7 Å². The molecule has 0 aliphatic carbocycles. The van der Waals surface area contributed by atoms with Crippen LogP contribution in [0.5, 0.6) is 0 Å². The SMILES string of the molecule is CC[C@H]1C[C@](C)(c2csc(Nc3ccccc3)n2)OC1=O. The van der Waals surface area contributed by atoms with Crippen molar-refractivity contribution in [1.82, 2.24) is 4.98 Å². The van der Waals surface area contributed by atoms with E-state index >= 15 is 0 Å². The highest BCUT2D eigenvalue weighted by atomic mass is 32.1. The van der Waals surface area contributed by atoms with Crippen LogP contribution in [0.1, 0.15) is 32.4 Å². The van der Waals surface area contributed by atoms with E-state index in [1.54, 1.807) is 0 Å². The second-order valence-corrected chi connectivity index (χ2v) is 6.35. The van der Waals surface area contributed by atoms with Crippen molar-refractivity contribution >= 4 is 28.1 Å². The van der Waals surface area contributed by atoms with Gasteiger partial charge in [0.25, 0.3) is 0 Å². The van der Waals surface area contributed by atoms with Crippen molar-refractivity contribution in [3.05, 3.63) is 41.4 Å². The van der Waals surface area contributed by atoms with Gasteiger partial charge in [-0.2, -0.15) is 0 Å². The number of carbonyl (C=O) groups excluding carboxylic acids is 1. The van der Waals surface area contributed by atoms with Crippen molar-refractivity contribution in [3.8, 4) is 0 Å². The van der Waals surface area contributed by atoms with Crippen molar-refractivity contribution in [2.75, 3.05) is 5.32 Å². The highest BCUT2D eigenvalue weighted by molar-refractivity contribution is 7.13. The third-order valence-corrected chi connectivity index (χ3v) is 4.62. The van der Waals surface area contributed by atoms with Gasteiger partial charge in [-0.25, -0.2) is 4.98 Å². The number of hydrogen-bond acceptors (Lipinski definition) is 5. The molecule has 0 unspecified atom stereocenters. The Morgan fingerprint density at radius 3 is 2.86 bits per heavy atom. The Labute approximate surface area is 128 Å². The fourth-order valence-corrected chi connectivity index (χ4v) is 3.44. The zero-order valence-corrected chi connectivity index (χ0v) is 12.9. The smallest absolute Gasteiger partial charge is 0.310 e. The molecule has 2 atom stereocenters. The number of ether oxygens (including phenoxy) is 1. The number of cyclic esters (lactones) is 1. The summed E-state index contributed by atoms with van der Waals surface area (Å²) in [6.07, 6.45) is 1.52. The summed E-state index contributed by atoms with van der Waals surface area (Å²) in [6.45, 7) is 3.96. The van der Waals surface area contributed by atoms with Crippen LogP contribution in [-0.2, 0) is 15.1 Å². The van der Waals surface area contributed by atoms with Gasteiger partial charge in [-0.15, -0.1) is 11.3 Å². The lowest BCUT2D eigenvalue weighted by Gasteiger charge is -2.19. The minimum absolute atomic E-state index is 0.0118. The molecular weight excluding hydrogens is 284 g/mol. The van der Waals surface area contributed by atoms with Crippen molar-refractivity contribution < 1.29 is 9.53 Å². The average molecular weight is 302 g/mol.